The van der Waals surface area contributed by atoms with Crippen LogP contribution < -0.4 is 0 Å². The number of halogens is 1. The van der Waals surface area contributed by atoms with Gasteiger partial charge in [-0.3, -0.25) is 9.59 Å². The number of carbonyl (C=O) groups is 2. The minimum Gasteiger partial charge on any atom is -0.469 e. The molecule has 0 radical (unpaired) electrons. The number of benzene rings is 1. The molecule has 3 nitrogen and oxygen atoms in total. The van der Waals surface area contributed by atoms with Gasteiger partial charge in [-0.05, 0) is 30.2 Å². The van der Waals surface area contributed by atoms with E-state index in [9.17, 15) is 14.0 Å². The molecule has 1 aromatic carbocycles. The van der Waals surface area contributed by atoms with Gasteiger partial charge >= 0.3 is 5.97 Å². The van der Waals surface area contributed by atoms with E-state index in [1.54, 1.807) is 6.92 Å². The second-order valence-electron chi connectivity index (χ2n) is 4.02. The average Bonchev–Trinajstić information content (AvgIpc) is 2.29. The fourth-order valence-corrected chi connectivity index (χ4v) is 1.51. The zero-order chi connectivity index (χ0) is 12.8. The lowest BCUT2D eigenvalue weighted by molar-refractivity contribution is -0.141. The second-order valence-corrected chi connectivity index (χ2v) is 4.02. The maximum Gasteiger partial charge on any atom is 0.305 e. The lowest BCUT2D eigenvalue weighted by Crippen LogP contribution is -2.11. The Hall–Kier alpha value is -1.71. The Balaban J connectivity index is 2.54. The van der Waals surface area contributed by atoms with Crippen LogP contribution in [0.4, 0.5) is 4.39 Å². The summed E-state index contributed by atoms with van der Waals surface area (Å²) in [5.74, 6) is -0.880. The van der Waals surface area contributed by atoms with Gasteiger partial charge in [-0.1, -0.05) is 6.92 Å². The first-order valence-corrected chi connectivity index (χ1v) is 5.38. The van der Waals surface area contributed by atoms with Gasteiger partial charge < -0.3 is 4.74 Å². The average molecular weight is 238 g/mol. The van der Waals surface area contributed by atoms with Crippen LogP contribution >= 0.6 is 0 Å². The van der Waals surface area contributed by atoms with Crippen molar-refractivity contribution >= 4 is 11.8 Å². The monoisotopic (exact) mass is 238 g/mol. The standard InChI is InChI=1S/C13H15FO3/c1-9(8-13(16)17-2)7-12(15)10-3-5-11(14)6-4-10/h3-6,9H,7-8H2,1-2H3. The van der Waals surface area contributed by atoms with Crippen molar-refractivity contribution in [3.05, 3.63) is 35.6 Å². The topological polar surface area (TPSA) is 43.4 Å². The SMILES string of the molecule is COC(=O)CC(C)CC(=O)c1ccc(F)cc1. The fourth-order valence-electron chi connectivity index (χ4n) is 1.51. The van der Waals surface area contributed by atoms with Crippen LogP contribution in [0.25, 0.3) is 0 Å². The van der Waals surface area contributed by atoms with Gasteiger partial charge in [0.1, 0.15) is 5.82 Å². The molecule has 0 aliphatic rings. The lowest BCUT2D eigenvalue weighted by Gasteiger charge is -2.08. The number of ether oxygens (including phenoxy) is 1. The summed E-state index contributed by atoms with van der Waals surface area (Å²) in [6.45, 7) is 1.80. The van der Waals surface area contributed by atoms with Gasteiger partial charge in [0.15, 0.2) is 5.78 Å². The van der Waals surface area contributed by atoms with Crippen LogP contribution in [0.3, 0.4) is 0 Å². The molecule has 0 fully saturated rings. The Bertz CT molecular complexity index is 398. The number of carbonyl (C=O) groups excluding carboxylic acids is 2. The first kappa shape index (κ1) is 13.4. The van der Waals surface area contributed by atoms with Gasteiger partial charge in [-0.25, -0.2) is 4.39 Å². The fraction of sp³-hybridized carbons (Fsp3) is 0.385. The van der Waals surface area contributed by atoms with Crippen molar-refractivity contribution in [2.45, 2.75) is 19.8 Å². The van der Waals surface area contributed by atoms with Gasteiger partial charge in [-0.15, -0.1) is 0 Å². The number of methoxy groups -OCH3 is 1. The lowest BCUT2D eigenvalue weighted by atomic mass is 9.97. The molecular formula is C13H15FO3. The smallest absolute Gasteiger partial charge is 0.305 e. The summed E-state index contributed by atoms with van der Waals surface area (Å²) >= 11 is 0. The second kappa shape index (κ2) is 6.13. The van der Waals surface area contributed by atoms with Crippen molar-refractivity contribution in [1.29, 1.82) is 0 Å². The van der Waals surface area contributed by atoms with Crippen LogP contribution in [0, 0.1) is 11.7 Å². The molecule has 1 unspecified atom stereocenters. The van der Waals surface area contributed by atoms with Crippen LogP contribution in [-0.2, 0) is 9.53 Å². The predicted octanol–water partition coefficient (Wildman–Crippen LogP) is 2.60. The summed E-state index contributed by atoms with van der Waals surface area (Å²) in [5, 5.41) is 0. The zero-order valence-corrected chi connectivity index (χ0v) is 9.90. The van der Waals surface area contributed by atoms with E-state index >= 15 is 0 Å². The van der Waals surface area contributed by atoms with Crippen molar-refractivity contribution in [3.63, 3.8) is 0 Å². The van der Waals surface area contributed by atoms with Crippen LogP contribution in [0.5, 0.6) is 0 Å². The summed E-state index contributed by atoms with van der Waals surface area (Å²) in [6, 6.07) is 5.39. The highest BCUT2D eigenvalue weighted by Gasteiger charge is 2.14. The molecule has 0 N–H and O–H groups in total. The highest BCUT2D eigenvalue weighted by atomic mass is 19.1. The number of rotatable bonds is 5. The quantitative estimate of drug-likeness (QED) is 0.585. The van der Waals surface area contributed by atoms with Gasteiger partial charge in [0, 0.05) is 18.4 Å². The predicted molar refractivity (Wildman–Crippen MR) is 61.1 cm³/mol. The highest BCUT2D eigenvalue weighted by Crippen LogP contribution is 2.14. The Labute approximate surface area is 99.6 Å². The molecule has 1 rings (SSSR count). The largest absolute Gasteiger partial charge is 0.469 e. The normalized spacial score (nSPS) is 11.9. The van der Waals surface area contributed by atoms with Crippen LogP contribution in [0.2, 0.25) is 0 Å². The Morgan fingerprint density at radius 1 is 1.24 bits per heavy atom. The number of esters is 1. The highest BCUT2D eigenvalue weighted by molar-refractivity contribution is 5.96. The Morgan fingerprint density at radius 2 is 1.82 bits per heavy atom. The minimum absolute atomic E-state index is 0.0833. The molecule has 1 aromatic rings. The van der Waals surface area contributed by atoms with E-state index < -0.39 is 0 Å². The molecule has 0 amide bonds. The molecule has 0 spiro atoms. The van der Waals surface area contributed by atoms with Gasteiger partial charge in [0.2, 0.25) is 0 Å². The third kappa shape index (κ3) is 4.34. The maximum absolute atomic E-state index is 12.7. The first-order chi connectivity index (χ1) is 8.02. The van der Waals surface area contributed by atoms with E-state index in [0.717, 1.165) is 0 Å². The molecule has 17 heavy (non-hydrogen) atoms. The minimum atomic E-state index is -0.371. The van der Waals surface area contributed by atoms with Gasteiger partial charge in [0.25, 0.3) is 0 Å². The summed E-state index contributed by atoms with van der Waals surface area (Å²) in [5.41, 5.74) is 0.461. The van der Waals surface area contributed by atoms with Crippen molar-refractivity contribution in [2.24, 2.45) is 5.92 Å². The summed E-state index contributed by atoms with van der Waals surface area (Å²) < 4.78 is 17.2. The first-order valence-electron chi connectivity index (χ1n) is 5.38. The molecule has 0 aromatic heterocycles. The van der Waals surface area contributed by atoms with E-state index in [1.807, 2.05) is 0 Å². The van der Waals surface area contributed by atoms with Crippen LogP contribution in [0.1, 0.15) is 30.1 Å². The number of Topliss-reactive ketones (excluding diaryl/α,β-unsaturated/α-hetero) is 1. The molecule has 0 bridgehead atoms. The van der Waals surface area contributed by atoms with Gasteiger partial charge in [-0.2, -0.15) is 0 Å². The third-order valence-electron chi connectivity index (χ3n) is 2.44. The van der Waals surface area contributed by atoms with E-state index in [4.69, 9.17) is 0 Å². The molecular weight excluding hydrogens is 223 g/mol. The van der Waals surface area contributed by atoms with Crippen molar-refractivity contribution in [1.82, 2.24) is 0 Å². The summed E-state index contributed by atoms with van der Waals surface area (Å²) in [6.07, 6.45) is 0.462. The Kier molecular flexibility index (Phi) is 4.82. The summed E-state index contributed by atoms with van der Waals surface area (Å²) in [4.78, 5) is 22.8. The molecule has 0 saturated carbocycles. The molecule has 0 heterocycles. The molecule has 92 valence electrons. The van der Waals surface area contributed by atoms with Gasteiger partial charge in [0.05, 0.1) is 7.11 Å². The zero-order valence-electron chi connectivity index (χ0n) is 9.90. The molecule has 0 aliphatic carbocycles. The Morgan fingerprint density at radius 3 is 2.35 bits per heavy atom. The van der Waals surface area contributed by atoms with E-state index in [2.05, 4.69) is 4.74 Å². The van der Waals surface area contributed by atoms with Crippen molar-refractivity contribution < 1.29 is 18.7 Å². The van der Waals surface area contributed by atoms with Crippen molar-refractivity contribution in [3.8, 4) is 0 Å². The molecule has 0 aliphatic heterocycles. The summed E-state index contributed by atoms with van der Waals surface area (Å²) in [7, 11) is 1.32. The number of hydrogen-bond donors (Lipinski definition) is 0. The molecule has 1 atom stereocenters. The third-order valence-corrected chi connectivity index (χ3v) is 2.44. The maximum atomic E-state index is 12.7. The number of hydrogen-bond acceptors (Lipinski definition) is 3. The van der Waals surface area contributed by atoms with Crippen molar-refractivity contribution in [2.75, 3.05) is 7.11 Å². The van der Waals surface area contributed by atoms with E-state index in [1.165, 1.54) is 31.4 Å². The molecule has 0 saturated heterocycles. The van der Waals surface area contributed by atoms with Crippen LogP contribution in [-0.4, -0.2) is 18.9 Å². The molecule has 4 heteroatoms. The van der Waals surface area contributed by atoms with Crippen LogP contribution in [0.15, 0.2) is 24.3 Å². The van der Waals surface area contributed by atoms with E-state index in [-0.39, 0.29) is 36.3 Å². The number of ketones is 1. The van der Waals surface area contributed by atoms with E-state index in [0.29, 0.717) is 5.56 Å².